The number of carbonyl (C=O) groups is 2. The van der Waals surface area contributed by atoms with Crippen molar-refractivity contribution < 1.29 is 19.1 Å². The Labute approximate surface area is 181 Å². The van der Waals surface area contributed by atoms with Gasteiger partial charge in [-0.2, -0.15) is 0 Å². The number of anilines is 1. The van der Waals surface area contributed by atoms with Gasteiger partial charge in [-0.3, -0.25) is 9.59 Å². The van der Waals surface area contributed by atoms with E-state index in [1.807, 2.05) is 29.2 Å². The second-order valence-electron chi connectivity index (χ2n) is 7.73. The number of carbonyl (C=O) groups excluding carboxylic acids is 2. The molecule has 0 bridgehead atoms. The number of nitrogens with zero attached hydrogens (tertiary/aromatic N) is 2. The third-order valence-corrected chi connectivity index (χ3v) is 5.79. The van der Waals surface area contributed by atoms with Crippen LogP contribution >= 0.6 is 11.3 Å². The van der Waals surface area contributed by atoms with Crippen LogP contribution in [0.2, 0.25) is 0 Å². The van der Waals surface area contributed by atoms with Gasteiger partial charge >= 0.3 is 0 Å². The van der Waals surface area contributed by atoms with Crippen LogP contribution in [0.25, 0.3) is 0 Å². The molecule has 2 heterocycles. The predicted octanol–water partition coefficient (Wildman–Crippen LogP) is 3.88. The predicted molar refractivity (Wildman–Crippen MR) is 117 cm³/mol. The Morgan fingerprint density at radius 1 is 1.23 bits per heavy atom. The van der Waals surface area contributed by atoms with E-state index in [4.69, 9.17) is 9.47 Å². The third kappa shape index (κ3) is 6.19. The molecule has 0 radical (unpaired) electrons. The summed E-state index contributed by atoms with van der Waals surface area (Å²) in [4.78, 5) is 32.0. The van der Waals surface area contributed by atoms with E-state index in [0.29, 0.717) is 50.0 Å². The van der Waals surface area contributed by atoms with E-state index >= 15 is 0 Å². The molecule has 0 unspecified atom stereocenters. The lowest BCUT2D eigenvalue weighted by molar-refractivity contribution is -0.132. The highest BCUT2D eigenvalue weighted by atomic mass is 32.1. The average Bonchev–Trinajstić information content (AvgIpc) is 3.12. The zero-order chi connectivity index (χ0) is 21.5. The van der Waals surface area contributed by atoms with Crippen LogP contribution < -0.4 is 14.8 Å². The molecule has 0 saturated heterocycles. The molecule has 1 aliphatic rings. The summed E-state index contributed by atoms with van der Waals surface area (Å²) in [7, 11) is 1.62. The van der Waals surface area contributed by atoms with Gasteiger partial charge in [0.05, 0.1) is 26.0 Å². The Kier molecular flexibility index (Phi) is 7.68. The van der Waals surface area contributed by atoms with E-state index < -0.39 is 0 Å². The van der Waals surface area contributed by atoms with E-state index in [9.17, 15) is 9.59 Å². The number of thiazole rings is 1. The second kappa shape index (κ2) is 10.4. The van der Waals surface area contributed by atoms with Crippen molar-refractivity contribution in [2.24, 2.45) is 5.92 Å². The number of rotatable bonds is 9. The summed E-state index contributed by atoms with van der Waals surface area (Å²) in [5.41, 5.74) is 0.992. The molecule has 0 fully saturated rings. The van der Waals surface area contributed by atoms with Crippen LogP contribution in [0.1, 0.15) is 43.7 Å². The number of hydrogen-bond acceptors (Lipinski definition) is 6. The molecule has 7 nitrogen and oxygen atoms in total. The first-order chi connectivity index (χ1) is 14.4. The lowest BCUT2D eigenvalue weighted by Gasteiger charge is -2.26. The van der Waals surface area contributed by atoms with Crippen molar-refractivity contribution in [3.8, 4) is 11.5 Å². The molecule has 162 valence electrons. The summed E-state index contributed by atoms with van der Waals surface area (Å²) >= 11 is 1.46. The standard InChI is InChI=1S/C22H29N3O4S/c1-15(2)13-21(27)25-11-10-18-19(14-25)30-22(23-18)24-20(26)5-4-12-29-17-8-6-16(28-3)7-9-17/h6-9,15H,4-5,10-14H2,1-3H3,(H,23,24,26). The quantitative estimate of drug-likeness (QED) is 0.610. The van der Waals surface area contributed by atoms with Crippen LogP contribution in [0.4, 0.5) is 5.13 Å². The van der Waals surface area contributed by atoms with Gasteiger partial charge in [0.2, 0.25) is 11.8 Å². The fraction of sp³-hybridized carbons (Fsp3) is 0.500. The highest BCUT2D eigenvalue weighted by Gasteiger charge is 2.24. The number of fused-ring (bicyclic) bond motifs is 1. The van der Waals surface area contributed by atoms with E-state index in [-0.39, 0.29) is 11.8 Å². The molecule has 1 aromatic heterocycles. The van der Waals surface area contributed by atoms with Gasteiger partial charge in [0.25, 0.3) is 0 Å². The summed E-state index contributed by atoms with van der Waals surface area (Å²) in [5, 5.41) is 3.49. The largest absolute Gasteiger partial charge is 0.497 e. The van der Waals surface area contributed by atoms with E-state index in [0.717, 1.165) is 28.5 Å². The van der Waals surface area contributed by atoms with Crippen molar-refractivity contribution in [1.29, 1.82) is 0 Å². The molecule has 0 saturated carbocycles. The highest BCUT2D eigenvalue weighted by Crippen LogP contribution is 2.29. The van der Waals surface area contributed by atoms with Crippen LogP contribution in [0, 0.1) is 5.92 Å². The minimum atomic E-state index is -0.0767. The summed E-state index contributed by atoms with van der Waals surface area (Å²) in [5.74, 6) is 1.99. The molecule has 0 aliphatic carbocycles. The van der Waals surface area contributed by atoms with Crippen LogP contribution in [0.5, 0.6) is 11.5 Å². The number of benzene rings is 1. The highest BCUT2D eigenvalue weighted by molar-refractivity contribution is 7.15. The Balaban J connectivity index is 1.42. The molecule has 1 aliphatic heterocycles. The third-order valence-electron chi connectivity index (χ3n) is 4.79. The first kappa shape index (κ1) is 22.1. The van der Waals surface area contributed by atoms with Crippen molar-refractivity contribution in [3.63, 3.8) is 0 Å². The fourth-order valence-corrected chi connectivity index (χ4v) is 4.26. The number of ether oxygens (including phenoxy) is 2. The van der Waals surface area contributed by atoms with E-state index in [1.165, 1.54) is 11.3 Å². The SMILES string of the molecule is COc1ccc(OCCCC(=O)Nc2nc3c(s2)CN(C(=O)CC(C)C)CC3)cc1. The Hall–Kier alpha value is -2.61. The number of nitrogens with one attached hydrogen (secondary N) is 1. The molecule has 3 rings (SSSR count). The van der Waals surface area contributed by atoms with Gasteiger partial charge in [0.1, 0.15) is 11.5 Å². The minimum Gasteiger partial charge on any atom is -0.497 e. The lowest BCUT2D eigenvalue weighted by atomic mass is 10.1. The number of hydrogen-bond donors (Lipinski definition) is 1. The number of aromatic nitrogens is 1. The van der Waals surface area contributed by atoms with Crippen molar-refractivity contribution >= 4 is 28.3 Å². The van der Waals surface area contributed by atoms with E-state index in [2.05, 4.69) is 24.1 Å². The number of methoxy groups -OCH3 is 1. The maximum absolute atomic E-state index is 12.3. The van der Waals surface area contributed by atoms with Crippen molar-refractivity contribution in [2.45, 2.75) is 46.1 Å². The zero-order valence-corrected chi connectivity index (χ0v) is 18.6. The first-order valence-electron chi connectivity index (χ1n) is 10.3. The van der Waals surface area contributed by atoms with E-state index in [1.54, 1.807) is 7.11 Å². The van der Waals surface area contributed by atoms with Crippen molar-refractivity contribution in [1.82, 2.24) is 9.88 Å². The van der Waals surface area contributed by atoms with Gasteiger partial charge in [-0.1, -0.05) is 25.2 Å². The zero-order valence-electron chi connectivity index (χ0n) is 17.8. The smallest absolute Gasteiger partial charge is 0.226 e. The van der Waals surface area contributed by atoms with Crippen LogP contribution in [0.3, 0.4) is 0 Å². The summed E-state index contributed by atoms with van der Waals surface area (Å²) < 4.78 is 10.8. The maximum atomic E-state index is 12.3. The summed E-state index contributed by atoms with van der Waals surface area (Å²) in [6.07, 6.45) is 2.28. The lowest BCUT2D eigenvalue weighted by Crippen LogP contribution is -2.36. The Bertz CT molecular complexity index is 864. The van der Waals surface area contributed by atoms with Crippen LogP contribution in [0.15, 0.2) is 24.3 Å². The average molecular weight is 432 g/mol. The Morgan fingerprint density at radius 2 is 1.97 bits per heavy atom. The van der Waals surface area contributed by atoms with Gasteiger partial charge in [0, 0.05) is 30.7 Å². The number of amides is 2. The molecule has 2 aromatic rings. The van der Waals surface area contributed by atoms with Gasteiger partial charge in [0.15, 0.2) is 5.13 Å². The van der Waals surface area contributed by atoms with Gasteiger partial charge in [-0.15, -0.1) is 0 Å². The van der Waals surface area contributed by atoms with Crippen molar-refractivity contribution in [3.05, 3.63) is 34.8 Å². The molecule has 0 atom stereocenters. The Morgan fingerprint density at radius 3 is 2.67 bits per heavy atom. The maximum Gasteiger partial charge on any atom is 0.226 e. The molecule has 1 N–H and O–H groups in total. The van der Waals surface area contributed by atoms with Gasteiger partial charge in [-0.25, -0.2) is 4.98 Å². The monoisotopic (exact) mass is 431 g/mol. The topological polar surface area (TPSA) is 80.8 Å². The van der Waals surface area contributed by atoms with Crippen molar-refractivity contribution in [2.75, 3.05) is 25.6 Å². The first-order valence-corrected chi connectivity index (χ1v) is 11.1. The summed E-state index contributed by atoms with van der Waals surface area (Å²) in [6, 6.07) is 7.36. The molecular formula is C22H29N3O4S. The molecule has 0 spiro atoms. The minimum absolute atomic E-state index is 0.0767. The van der Waals surface area contributed by atoms with Crippen LogP contribution in [-0.2, 0) is 22.6 Å². The fourth-order valence-electron chi connectivity index (χ4n) is 3.22. The molecule has 2 amide bonds. The van der Waals surface area contributed by atoms with Crippen LogP contribution in [-0.4, -0.2) is 42.0 Å². The molecule has 30 heavy (non-hydrogen) atoms. The van der Waals surface area contributed by atoms with Gasteiger partial charge in [-0.05, 0) is 36.6 Å². The molecule has 8 heteroatoms. The normalized spacial score (nSPS) is 13.1. The summed E-state index contributed by atoms with van der Waals surface area (Å²) in [6.45, 7) is 5.84. The van der Waals surface area contributed by atoms with Gasteiger partial charge < -0.3 is 19.7 Å². The molecule has 1 aromatic carbocycles. The molecular weight excluding hydrogens is 402 g/mol. The second-order valence-corrected chi connectivity index (χ2v) is 8.81.